The van der Waals surface area contributed by atoms with Crippen molar-refractivity contribution in [3.63, 3.8) is 0 Å². The van der Waals surface area contributed by atoms with Gasteiger partial charge >= 0.3 is 0 Å². The average molecular weight is 351 g/mol. The van der Waals surface area contributed by atoms with Crippen LogP contribution < -0.4 is 0 Å². The Bertz CT molecular complexity index is 587. The molecule has 3 rings (SSSR count). The van der Waals surface area contributed by atoms with Crippen LogP contribution in [0.4, 0.5) is 0 Å². The number of halogens is 1. The van der Waals surface area contributed by atoms with Crippen molar-refractivity contribution in [2.24, 2.45) is 11.8 Å². The normalized spacial score (nSPS) is 25.2. The molecule has 0 radical (unpaired) electrons. The lowest BCUT2D eigenvalue weighted by molar-refractivity contribution is 0.0465. The summed E-state index contributed by atoms with van der Waals surface area (Å²) in [4.78, 5) is 17.4. The number of carbonyl (C=O) groups is 1. The molecule has 2 fully saturated rings. The molecule has 0 aromatic heterocycles. The summed E-state index contributed by atoms with van der Waals surface area (Å²) in [5.74, 6) is 0.591. The maximum atomic E-state index is 13.0. The van der Waals surface area contributed by atoms with Crippen molar-refractivity contribution >= 4 is 17.5 Å². The number of rotatable bonds is 4. The van der Waals surface area contributed by atoms with Crippen LogP contribution in [0.25, 0.3) is 0 Å². The summed E-state index contributed by atoms with van der Waals surface area (Å²) in [5, 5.41) is 10.2. The molecule has 2 aliphatic rings. The van der Waals surface area contributed by atoms with Gasteiger partial charge in [-0.05, 0) is 63.2 Å². The summed E-state index contributed by atoms with van der Waals surface area (Å²) < 4.78 is 0. The molecule has 2 saturated heterocycles. The molecule has 1 amide bonds. The highest BCUT2D eigenvalue weighted by molar-refractivity contribution is 6.33. The number of hydrogen-bond acceptors (Lipinski definition) is 3. The highest BCUT2D eigenvalue weighted by Gasteiger charge is 2.32. The predicted octanol–water partition coefficient (Wildman–Crippen LogP) is 2.81. The van der Waals surface area contributed by atoms with Crippen molar-refractivity contribution in [2.75, 3.05) is 39.3 Å². The number of aliphatic hydroxyl groups is 1. The van der Waals surface area contributed by atoms with Gasteiger partial charge in [0.25, 0.3) is 5.91 Å². The number of benzene rings is 1. The second-order valence-corrected chi connectivity index (χ2v) is 7.76. The first kappa shape index (κ1) is 17.7. The Morgan fingerprint density at radius 3 is 2.67 bits per heavy atom. The van der Waals surface area contributed by atoms with Gasteiger partial charge in [-0.25, -0.2) is 0 Å². The number of aliphatic hydroxyl groups excluding tert-OH is 1. The highest BCUT2D eigenvalue weighted by Crippen LogP contribution is 2.27. The van der Waals surface area contributed by atoms with Gasteiger partial charge in [-0.2, -0.15) is 0 Å². The molecule has 2 atom stereocenters. The van der Waals surface area contributed by atoms with Gasteiger partial charge in [0, 0.05) is 26.2 Å². The lowest BCUT2D eigenvalue weighted by atomic mass is 9.88. The van der Waals surface area contributed by atoms with Crippen LogP contribution in [-0.4, -0.2) is 60.1 Å². The number of likely N-dealkylation sites (tertiary alicyclic amines) is 2. The number of hydrogen-bond donors (Lipinski definition) is 1. The summed E-state index contributed by atoms with van der Waals surface area (Å²) in [7, 11) is 0. The van der Waals surface area contributed by atoms with Crippen LogP contribution in [0, 0.1) is 18.8 Å². The molecular formula is C19H27ClN2O2. The molecule has 132 valence electrons. The number of carbonyl (C=O) groups excluding carboxylic acids is 1. The fourth-order valence-electron chi connectivity index (χ4n) is 4.05. The first-order valence-corrected chi connectivity index (χ1v) is 9.33. The van der Waals surface area contributed by atoms with Crippen LogP contribution in [0.15, 0.2) is 18.2 Å². The van der Waals surface area contributed by atoms with E-state index in [1.165, 1.54) is 12.8 Å². The second-order valence-electron chi connectivity index (χ2n) is 7.35. The standard InChI is InChI=1S/C19H27ClN2O2/c1-14-4-5-18(20)17(8-14)19(24)22-11-15(9-16(12-22)13-23)10-21-6-2-3-7-21/h4-5,8,15-16,23H,2-3,6-7,9-13H2,1H3/t15-,16+/m1/s1. The van der Waals surface area contributed by atoms with E-state index >= 15 is 0 Å². The largest absolute Gasteiger partial charge is 0.396 e. The molecule has 0 unspecified atom stereocenters. The Balaban J connectivity index is 1.72. The van der Waals surface area contributed by atoms with E-state index in [0.29, 0.717) is 23.0 Å². The van der Waals surface area contributed by atoms with Crippen molar-refractivity contribution in [1.82, 2.24) is 9.80 Å². The summed E-state index contributed by atoms with van der Waals surface area (Å²) in [6.07, 6.45) is 3.55. The highest BCUT2D eigenvalue weighted by atomic mass is 35.5. The number of nitrogens with zero attached hydrogens (tertiary/aromatic N) is 2. The molecule has 2 aliphatic heterocycles. The maximum Gasteiger partial charge on any atom is 0.255 e. The maximum absolute atomic E-state index is 13.0. The fraction of sp³-hybridized carbons (Fsp3) is 0.632. The second kappa shape index (κ2) is 7.85. The van der Waals surface area contributed by atoms with Crippen LogP contribution in [0.5, 0.6) is 0 Å². The van der Waals surface area contributed by atoms with Crippen LogP contribution >= 0.6 is 11.6 Å². The Kier molecular flexibility index (Phi) is 5.80. The molecule has 0 bridgehead atoms. The topological polar surface area (TPSA) is 43.8 Å². The summed E-state index contributed by atoms with van der Waals surface area (Å²) in [5.41, 5.74) is 1.61. The molecule has 0 spiro atoms. The molecular weight excluding hydrogens is 324 g/mol. The van der Waals surface area contributed by atoms with E-state index in [1.807, 2.05) is 24.0 Å². The SMILES string of the molecule is Cc1ccc(Cl)c(C(=O)N2C[C@@H](CN3CCCC3)C[C@H](CO)C2)c1. The number of piperidine rings is 1. The molecule has 2 heterocycles. The number of amides is 1. The van der Waals surface area contributed by atoms with Gasteiger partial charge in [-0.3, -0.25) is 4.79 Å². The van der Waals surface area contributed by atoms with E-state index in [9.17, 15) is 9.90 Å². The van der Waals surface area contributed by atoms with Crippen molar-refractivity contribution in [3.05, 3.63) is 34.3 Å². The predicted molar refractivity (Wildman–Crippen MR) is 96.4 cm³/mol. The molecule has 24 heavy (non-hydrogen) atoms. The Hall–Kier alpha value is -1.10. The zero-order valence-corrected chi connectivity index (χ0v) is 15.1. The van der Waals surface area contributed by atoms with Crippen LogP contribution in [0.3, 0.4) is 0 Å². The molecule has 0 saturated carbocycles. The molecule has 1 N–H and O–H groups in total. The van der Waals surface area contributed by atoms with Gasteiger partial charge in [0.1, 0.15) is 0 Å². The fourth-order valence-corrected chi connectivity index (χ4v) is 4.25. The molecule has 5 heteroatoms. The third kappa shape index (κ3) is 4.11. The van der Waals surface area contributed by atoms with Crippen molar-refractivity contribution < 1.29 is 9.90 Å². The minimum atomic E-state index is -0.00623. The minimum Gasteiger partial charge on any atom is -0.396 e. The van der Waals surface area contributed by atoms with Crippen LogP contribution in [-0.2, 0) is 0 Å². The molecule has 1 aromatic carbocycles. The average Bonchev–Trinajstić information content (AvgIpc) is 3.09. The third-order valence-electron chi connectivity index (χ3n) is 5.24. The van der Waals surface area contributed by atoms with Crippen molar-refractivity contribution in [3.8, 4) is 0 Å². The van der Waals surface area contributed by atoms with E-state index in [0.717, 1.165) is 38.2 Å². The monoisotopic (exact) mass is 350 g/mol. The quantitative estimate of drug-likeness (QED) is 0.908. The molecule has 4 nitrogen and oxygen atoms in total. The van der Waals surface area contributed by atoms with Crippen LogP contribution in [0.1, 0.15) is 35.2 Å². The first-order valence-electron chi connectivity index (χ1n) is 8.95. The Labute approximate surface area is 149 Å². The van der Waals surface area contributed by atoms with Crippen molar-refractivity contribution in [1.29, 1.82) is 0 Å². The van der Waals surface area contributed by atoms with E-state index in [2.05, 4.69) is 4.90 Å². The molecule has 0 aliphatic carbocycles. The zero-order valence-electron chi connectivity index (χ0n) is 14.4. The lowest BCUT2D eigenvalue weighted by Gasteiger charge is -2.38. The zero-order chi connectivity index (χ0) is 17.1. The Morgan fingerprint density at radius 1 is 1.25 bits per heavy atom. The number of aryl methyl sites for hydroxylation is 1. The van der Waals surface area contributed by atoms with E-state index in [1.54, 1.807) is 6.07 Å². The van der Waals surface area contributed by atoms with E-state index in [-0.39, 0.29) is 18.4 Å². The van der Waals surface area contributed by atoms with Gasteiger partial charge < -0.3 is 14.9 Å². The van der Waals surface area contributed by atoms with E-state index in [4.69, 9.17) is 11.6 Å². The van der Waals surface area contributed by atoms with Gasteiger partial charge in [-0.1, -0.05) is 23.2 Å². The molecule has 1 aromatic rings. The Morgan fingerprint density at radius 2 is 1.96 bits per heavy atom. The van der Waals surface area contributed by atoms with Gasteiger partial charge in [-0.15, -0.1) is 0 Å². The third-order valence-corrected chi connectivity index (χ3v) is 5.57. The van der Waals surface area contributed by atoms with Gasteiger partial charge in [0.15, 0.2) is 0 Å². The lowest BCUT2D eigenvalue weighted by Crippen LogP contribution is -2.47. The van der Waals surface area contributed by atoms with Gasteiger partial charge in [0.05, 0.1) is 10.6 Å². The van der Waals surface area contributed by atoms with Crippen LogP contribution in [0.2, 0.25) is 5.02 Å². The van der Waals surface area contributed by atoms with E-state index < -0.39 is 0 Å². The van der Waals surface area contributed by atoms with Gasteiger partial charge in [0.2, 0.25) is 0 Å². The smallest absolute Gasteiger partial charge is 0.255 e. The minimum absolute atomic E-state index is 0.00623. The summed E-state index contributed by atoms with van der Waals surface area (Å²) >= 11 is 6.25. The summed E-state index contributed by atoms with van der Waals surface area (Å²) in [6.45, 7) is 6.85. The first-order chi connectivity index (χ1) is 11.6. The summed E-state index contributed by atoms with van der Waals surface area (Å²) in [6, 6.07) is 5.57. The van der Waals surface area contributed by atoms with Crippen molar-refractivity contribution in [2.45, 2.75) is 26.2 Å².